The van der Waals surface area contributed by atoms with Gasteiger partial charge in [-0.2, -0.15) is 0 Å². The zero-order valence-electron chi connectivity index (χ0n) is 13.7. The average Bonchev–Trinajstić information content (AvgIpc) is 2.36. The van der Waals surface area contributed by atoms with Crippen molar-refractivity contribution in [1.29, 1.82) is 0 Å². The second kappa shape index (κ2) is 7.81. The van der Waals surface area contributed by atoms with Crippen molar-refractivity contribution in [2.75, 3.05) is 20.1 Å². The van der Waals surface area contributed by atoms with E-state index in [0.717, 1.165) is 17.7 Å². The summed E-state index contributed by atoms with van der Waals surface area (Å²) in [5.74, 6) is 6.33. The molecule has 21 heavy (non-hydrogen) atoms. The Morgan fingerprint density at radius 1 is 1.33 bits per heavy atom. The Morgan fingerprint density at radius 2 is 2.05 bits per heavy atom. The molecular weight excluding hydrogens is 258 g/mol. The number of nitrogens with zero attached hydrogens (tertiary/aromatic N) is 1. The van der Waals surface area contributed by atoms with Gasteiger partial charge in [0.15, 0.2) is 5.78 Å². The lowest BCUT2D eigenvalue weighted by molar-refractivity contribution is 0.0951. The van der Waals surface area contributed by atoms with Crippen molar-refractivity contribution < 1.29 is 4.79 Å². The van der Waals surface area contributed by atoms with Gasteiger partial charge in [-0.15, -0.1) is 0 Å². The molecule has 2 heteroatoms. The highest BCUT2D eigenvalue weighted by atomic mass is 16.1. The van der Waals surface area contributed by atoms with Crippen LogP contribution in [0.1, 0.15) is 36.7 Å². The molecule has 0 aromatic heterocycles. The first kappa shape index (κ1) is 17.2. The molecule has 0 aliphatic heterocycles. The van der Waals surface area contributed by atoms with E-state index < -0.39 is 0 Å². The average molecular weight is 283 g/mol. The lowest BCUT2D eigenvalue weighted by Crippen LogP contribution is -2.26. The number of hydrogen-bond acceptors (Lipinski definition) is 2. The fourth-order valence-corrected chi connectivity index (χ4v) is 1.77. The molecule has 0 unspecified atom stereocenters. The maximum absolute atomic E-state index is 12.1. The molecule has 0 fully saturated rings. The molecule has 0 saturated carbocycles. The van der Waals surface area contributed by atoms with E-state index in [9.17, 15) is 4.79 Å². The first-order chi connectivity index (χ1) is 9.78. The largest absolute Gasteiger partial charge is 0.295 e. The Labute approximate surface area is 128 Å². The maximum atomic E-state index is 12.1. The zero-order valence-corrected chi connectivity index (χ0v) is 13.7. The molecule has 0 bridgehead atoms. The van der Waals surface area contributed by atoms with Crippen molar-refractivity contribution in [2.24, 2.45) is 5.41 Å². The molecule has 0 heterocycles. The number of allylic oxidation sites excluding steroid dienone is 1. The Bertz CT molecular complexity index is 567. The number of aryl methyl sites for hydroxylation is 1. The van der Waals surface area contributed by atoms with Crippen LogP contribution in [0.3, 0.4) is 0 Å². The lowest BCUT2D eigenvalue weighted by atomic mass is 9.98. The van der Waals surface area contributed by atoms with Gasteiger partial charge in [0, 0.05) is 17.5 Å². The summed E-state index contributed by atoms with van der Waals surface area (Å²) in [7, 11) is 1.94. The smallest absolute Gasteiger partial charge is 0.176 e. The van der Waals surface area contributed by atoms with Gasteiger partial charge in [-0.1, -0.05) is 41.7 Å². The summed E-state index contributed by atoms with van der Waals surface area (Å²) in [4.78, 5) is 14.1. The molecule has 1 rings (SSSR count). The molecule has 0 aliphatic rings. The van der Waals surface area contributed by atoms with Crippen molar-refractivity contribution in [3.05, 3.63) is 47.5 Å². The molecule has 0 amide bonds. The van der Waals surface area contributed by atoms with Gasteiger partial charge in [-0.3, -0.25) is 9.69 Å². The first-order valence-electron chi connectivity index (χ1n) is 7.24. The van der Waals surface area contributed by atoms with Gasteiger partial charge in [0.1, 0.15) is 0 Å². The number of rotatable bonds is 5. The fourth-order valence-electron chi connectivity index (χ4n) is 1.77. The molecule has 0 atom stereocenters. The molecule has 2 nitrogen and oxygen atoms in total. The van der Waals surface area contributed by atoms with Crippen molar-refractivity contribution in [1.82, 2.24) is 4.90 Å². The minimum atomic E-state index is 0.0252. The van der Waals surface area contributed by atoms with Crippen LogP contribution in [0.5, 0.6) is 0 Å². The van der Waals surface area contributed by atoms with Crippen LogP contribution in [0, 0.1) is 24.2 Å². The summed E-state index contributed by atoms with van der Waals surface area (Å²) in [5, 5.41) is 0. The predicted molar refractivity (Wildman–Crippen MR) is 89.4 cm³/mol. The number of ketones is 1. The van der Waals surface area contributed by atoms with Gasteiger partial charge < -0.3 is 0 Å². The van der Waals surface area contributed by atoms with Crippen molar-refractivity contribution in [3.8, 4) is 11.8 Å². The summed E-state index contributed by atoms with van der Waals surface area (Å²) in [6.07, 6.45) is 3.85. The van der Waals surface area contributed by atoms with Crippen LogP contribution in [0.25, 0.3) is 0 Å². The second-order valence-corrected chi connectivity index (χ2v) is 6.41. The number of carbonyl (C=O) groups is 1. The minimum absolute atomic E-state index is 0.0252. The van der Waals surface area contributed by atoms with Gasteiger partial charge >= 0.3 is 0 Å². The van der Waals surface area contributed by atoms with E-state index in [-0.39, 0.29) is 11.2 Å². The highest BCUT2D eigenvalue weighted by Gasteiger charge is 2.08. The van der Waals surface area contributed by atoms with Gasteiger partial charge in [0.25, 0.3) is 0 Å². The maximum Gasteiger partial charge on any atom is 0.176 e. The third-order valence-corrected chi connectivity index (χ3v) is 2.82. The van der Waals surface area contributed by atoms with Gasteiger partial charge in [0.2, 0.25) is 0 Å². The predicted octanol–water partition coefficient (Wildman–Crippen LogP) is 3.72. The first-order valence-corrected chi connectivity index (χ1v) is 7.24. The molecule has 0 N–H and O–H groups in total. The molecule has 1 aromatic carbocycles. The van der Waals surface area contributed by atoms with E-state index in [1.165, 1.54) is 0 Å². The monoisotopic (exact) mass is 283 g/mol. The molecule has 1 aromatic rings. The molecule has 0 radical (unpaired) electrons. The summed E-state index contributed by atoms with van der Waals surface area (Å²) < 4.78 is 0. The Balaban J connectivity index is 2.46. The summed E-state index contributed by atoms with van der Waals surface area (Å²) in [6.45, 7) is 9.38. The normalized spacial score (nSPS) is 11.5. The van der Waals surface area contributed by atoms with Crippen LogP contribution in [0.15, 0.2) is 36.4 Å². The van der Waals surface area contributed by atoms with E-state index in [1.807, 2.05) is 55.3 Å². The van der Waals surface area contributed by atoms with Crippen LogP contribution < -0.4 is 0 Å². The standard InChI is InChI=1S/C19H25NO/c1-16-10-9-11-17(14-16)18(21)15-20(5)13-8-6-7-12-19(2,3)4/h6,8-11,14H,13,15H2,1-5H3/b8-6+. The van der Waals surface area contributed by atoms with E-state index in [1.54, 1.807) is 0 Å². The van der Waals surface area contributed by atoms with Crippen LogP contribution in [0.2, 0.25) is 0 Å². The number of benzene rings is 1. The molecule has 0 aliphatic carbocycles. The lowest BCUT2D eigenvalue weighted by Gasteiger charge is -2.13. The van der Waals surface area contributed by atoms with Crippen LogP contribution in [0.4, 0.5) is 0 Å². The fraction of sp³-hybridized carbons (Fsp3) is 0.421. The molecular formula is C19H25NO. The van der Waals surface area contributed by atoms with Crippen LogP contribution in [-0.2, 0) is 0 Å². The van der Waals surface area contributed by atoms with Gasteiger partial charge in [-0.05, 0) is 46.9 Å². The van der Waals surface area contributed by atoms with Crippen molar-refractivity contribution in [3.63, 3.8) is 0 Å². The second-order valence-electron chi connectivity index (χ2n) is 6.41. The van der Waals surface area contributed by atoms with Crippen molar-refractivity contribution in [2.45, 2.75) is 27.7 Å². The number of Topliss-reactive ketones (excluding diaryl/α,β-unsaturated/α-hetero) is 1. The molecule has 0 saturated heterocycles. The third kappa shape index (κ3) is 7.48. The number of carbonyl (C=O) groups excluding carboxylic acids is 1. The Hall–Kier alpha value is -1.85. The SMILES string of the molecule is Cc1cccc(C(=O)CN(C)C/C=C/C#CC(C)(C)C)c1. The Morgan fingerprint density at radius 3 is 2.67 bits per heavy atom. The number of likely N-dealkylation sites (N-methyl/N-ethyl adjacent to an activating group) is 1. The minimum Gasteiger partial charge on any atom is -0.295 e. The molecule has 112 valence electrons. The summed E-state index contributed by atoms with van der Waals surface area (Å²) in [5.41, 5.74) is 1.91. The number of hydrogen-bond donors (Lipinski definition) is 0. The summed E-state index contributed by atoms with van der Waals surface area (Å²) >= 11 is 0. The van der Waals surface area contributed by atoms with Crippen molar-refractivity contribution >= 4 is 5.78 Å². The quantitative estimate of drug-likeness (QED) is 0.606. The third-order valence-electron chi connectivity index (χ3n) is 2.82. The summed E-state index contributed by atoms with van der Waals surface area (Å²) in [6, 6.07) is 7.72. The van der Waals surface area contributed by atoms with Crippen LogP contribution >= 0.6 is 0 Å². The van der Waals surface area contributed by atoms with Gasteiger partial charge in [0.05, 0.1) is 6.54 Å². The topological polar surface area (TPSA) is 20.3 Å². The Kier molecular flexibility index (Phi) is 6.39. The van der Waals surface area contributed by atoms with E-state index in [2.05, 4.69) is 32.6 Å². The van der Waals surface area contributed by atoms with E-state index >= 15 is 0 Å². The molecule has 0 spiro atoms. The highest BCUT2D eigenvalue weighted by molar-refractivity contribution is 5.97. The van der Waals surface area contributed by atoms with Crippen LogP contribution in [-0.4, -0.2) is 30.8 Å². The highest BCUT2D eigenvalue weighted by Crippen LogP contribution is 2.09. The zero-order chi connectivity index (χ0) is 15.9. The van der Waals surface area contributed by atoms with E-state index in [4.69, 9.17) is 0 Å². The van der Waals surface area contributed by atoms with Gasteiger partial charge in [-0.25, -0.2) is 0 Å². The van der Waals surface area contributed by atoms with E-state index in [0.29, 0.717) is 6.54 Å².